The van der Waals surface area contributed by atoms with Crippen LogP contribution in [0.5, 0.6) is 0 Å². The Bertz CT molecular complexity index is 1360. The fraction of sp³-hybridized carbons (Fsp3) is 0.333. The molecule has 9 heteroatoms. The minimum Gasteiger partial charge on any atom is -0.376 e. The first-order valence-corrected chi connectivity index (χ1v) is 13.0. The summed E-state index contributed by atoms with van der Waals surface area (Å²) in [5.41, 5.74) is 4.17. The van der Waals surface area contributed by atoms with Crippen LogP contribution < -0.4 is 10.2 Å². The Kier molecular flexibility index (Phi) is 7.11. The van der Waals surface area contributed by atoms with Gasteiger partial charge in [-0.15, -0.1) is 16.4 Å². The van der Waals surface area contributed by atoms with Crippen LogP contribution in [0.4, 0.5) is 5.69 Å². The Hall–Kier alpha value is -3.56. The molecule has 2 aromatic heterocycles. The molecule has 0 saturated carbocycles. The van der Waals surface area contributed by atoms with Crippen LogP contribution >= 0.6 is 11.3 Å². The van der Waals surface area contributed by atoms with Gasteiger partial charge in [-0.2, -0.15) is 0 Å². The number of thiophene rings is 1. The summed E-state index contributed by atoms with van der Waals surface area (Å²) in [6.07, 6.45) is 1.92. The topological polar surface area (TPSA) is 89.4 Å². The maximum Gasteiger partial charge on any atom is 0.249 e. The maximum atomic E-state index is 14.0. The molecule has 3 heterocycles. The number of para-hydroxylation sites is 1. The summed E-state index contributed by atoms with van der Waals surface area (Å²) in [6, 6.07) is 16.3. The molecule has 5 rings (SSSR count). The first kappa shape index (κ1) is 24.1. The van der Waals surface area contributed by atoms with Gasteiger partial charge < -0.3 is 10.1 Å². The number of nitrogens with zero attached hydrogens (tertiary/aromatic N) is 4. The summed E-state index contributed by atoms with van der Waals surface area (Å²) in [4.78, 5) is 30.2. The van der Waals surface area contributed by atoms with E-state index in [0.29, 0.717) is 24.4 Å². The lowest BCUT2D eigenvalue weighted by Crippen LogP contribution is -2.46. The molecule has 1 aliphatic rings. The number of aryl methyl sites for hydroxylation is 2. The fourth-order valence-electron chi connectivity index (χ4n) is 4.52. The van der Waals surface area contributed by atoms with E-state index in [1.807, 2.05) is 73.8 Å². The van der Waals surface area contributed by atoms with E-state index >= 15 is 0 Å². The summed E-state index contributed by atoms with van der Waals surface area (Å²) in [5.74, 6) is -0.479. The third-order valence-corrected chi connectivity index (χ3v) is 7.54. The maximum absolute atomic E-state index is 14.0. The molecule has 1 aliphatic heterocycles. The zero-order valence-electron chi connectivity index (χ0n) is 20.4. The third-order valence-electron chi connectivity index (χ3n) is 6.47. The Morgan fingerprint density at radius 3 is 2.69 bits per heavy atom. The van der Waals surface area contributed by atoms with Crippen molar-refractivity contribution in [2.45, 2.75) is 45.4 Å². The second-order valence-electron chi connectivity index (χ2n) is 9.09. The van der Waals surface area contributed by atoms with Gasteiger partial charge in [0.15, 0.2) is 0 Å². The van der Waals surface area contributed by atoms with Crippen LogP contribution in [-0.2, 0) is 20.9 Å². The van der Waals surface area contributed by atoms with Crippen LogP contribution in [0.15, 0.2) is 60.0 Å². The molecule has 8 nitrogen and oxygen atoms in total. The highest BCUT2D eigenvalue weighted by Crippen LogP contribution is 2.34. The number of hydrogen-bond donors (Lipinski definition) is 1. The molecule has 0 spiro atoms. The molecule has 1 fully saturated rings. The number of ether oxygens (including phenoxy) is 1. The Balaban J connectivity index is 1.52. The molecule has 0 aliphatic carbocycles. The van der Waals surface area contributed by atoms with Crippen molar-refractivity contribution >= 4 is 39.9 Å². The number of benzene rings is 2. The minimum absolute atomic E-state index is 0.00377. The van der Waals surface area contributed by atoms with Crippen molar-refractivity contribution in [1.82, 2.24) is 20.3 Å². The minimum atomic E-state index is -0.823. The van der Waals surface area contributed by atoms with E-state index in [0.717, 1.165) is 34.4 Å². The molecule has 0 radical (unpaired) electrons. The number of hydrogen-bond acceptors (Lipinski definition) is 6. The van der Waals surface area contributed by atoms with E-state index in [1.54, 1.807) is 9.58 Å². The number of nitrogens with one attached hydrogen (secondary N) is 1. The van der Waals surface area contributed by atoms with E-state index in [-0.39, 0.29) is 24.5 Å². The normalized spacial score (nSPS) is 16.2. The number of aromatic nitrogens is 3. The van der Waals surface area contributed by atoms with E-state index in [4.69, 9.17) is 4.74 Å². The van der Waals surface area contributed by atoms with Gasteiger partial charge in [-0.3, -0.25) is 14.5 Å². The Morgan fingerprint density at radius 2 is 1.97 bits per heavy atom. The number of carbonyl (C=O) groups is 2. The van der Waals surface area contributed by atoms with Gasteiger partial charge in [0.2, 0.25) is 11.8 Å². The van der Waals surface area contributed by atoms with Gasteiger partial charge in [-0.05, 0) is 68.0 Å². The summed E-state index contributed by atoms with van der Waals surface area (Å²) in [5, 5.41) is 13.4. The highest BCUT2D eigenvalue weighted by atomic mass is 32.1. The lowest BCUT2D eigenvalue weighted by Gasteiger charge is -2.31. The highest BCUT2D eigenvalue weighted by molar-refractivity contribution is 7.10. The molecule has 0 bridgehead atoms. The molecule has 186 valence electrons. The largest absolute Gasteiger partial charge is 0.376 e. The Labute approximate surface area is 213 Å². The molecule has 36 heavy (non-hydrogen) atoms. The van der Waals surface area contributed by atoms with Gasteiger partial charge in [0.25, 0.3) is 0 Å². The van der Waals surface area contributed by atoms with Crippen LogP contribution in [0.1, 0.15) is 34.9 Å². The van der Waals surface area contributed by atoms with E-state index in [2.05, 4.69) is 15.6 Å². The third kappa shape index (κ3) is 5.03. The van der Waals surface area contributed by atoms with Crippen LogP contribution in [0.25, 0.3) is 11.0 Å². The molecule has 2 atom stereocenters. The summed E-state index contributed by atoms with van der Waals surface area (Å²) in [6.45, 7) is 5.05. The lowest BCUT2D eigenvalue weighted by molar-refractivity contribution is -0.127. The molecule has 2 amide bonds. The van der Waals surface area contributed by atoms with Crippen molar-refractivity contribution in [3.63, 3.8) is 0 Å². The van der Waals surface area contributed by atoms with Crippen LogP contribution in [0, 0.1) is 13.8 Å². The van der Waals surface area contributed by atoms with Gasteiger partial charge in [-0.1, -0.05) is 35.0 Å². The van der Waals surface area contributed by atoms with Crippen LogP contribution in [0.3, 0.4) is 0 Å². The quantitative estimate of drug-likeness (QED) is 0.390. The van der Waals surface area contributed by atoms with Crippen molar-refractivity contribution in [2.75, 3.05) is 18.1 Å². The van der Waals surface area contributed by atoms with E-state index in [1.165, 1.54) is 11.3 Å². The van der Waals surface area contributed by atoms with Crippen LogP contribution in [-0.4, -0.2) is 46.1 Å². The number of carbonyl (C=O) groups excluding carboxylic acids is 2. The summed E-state index contributed by atoms with van der Waals surface area (Å²) in [7, 11) is 0. The molecule has 4 aromatic rings. The standard InChI is InChI=1S/C27H29N5O3S/c1-18-9-11-20(12-10-18)32(24(33)17-31-23-8-4-3-7-22(23)29-30-31)25(26-19(2)13-15-36-26)27(34)28-16-21-6-5-14-35-21/h3-4,7-13,15,21,25H,5-6,14,16-17H2,1-2H3,(H,28,34)/t21-,25+/m1/s1. The van der Waals surface area contributed by atoms with Crippen molar-refractivity contribution in [1.29, 1.82) is 0 Å². The van der Waals surface area contributed by atoms with Crippen molar-refractivity contribution < 1.29 is 14.3 Å². The number of anilines is 1. The predicted octanol–water partition coefficient (Wildman–Crippen LogP) is 4.18. The summed E-state index contributed by atoms with van der Waals surface area (Å²) < 4.78 is 7.29. The van der Waals surface area contributed by atoms with Gasteiger partial charge in [0.1, 0.15) is 18.1 Å². The van der Waals surface area contributed by atoms with Gasteiger partial charge >= 0.3 is 0 Å². The predicted molar refractivity (Wildman–Crippen MR) is 140 cm³/mol. The average molecular weight is 504 g/mol. The van der Waals surface area contributed by atoms with Crippen molar-refractivity contribution in [3.05, 3.63) is 76.0 Å². The second kappa shape index (κ2) is 10.6. The molecule has 0 unspecified atom stereocenters. The molecule has 2 aromatic carbocycles. The fourth-order valence-corrected chi connectivity index (χ4v) is 5.53. The Morgan fingerprint density at radius 1 is 1.17 bits per heavy atom. The van der Waals surface area contributed by atoms with Crippen LogP contribution in [0.2, 0.25) is 0 Å². The summed E-state index contributed by atoms with van der Waals surface area (Å²) >= 11 is 1.48. The molecular weight excluding hydrogens is 474 g/mol. The molecule has 1 N–H and O–H groups in total. The number of rotatable bonds is 8. The van der Waals surface area contributed by atoms with Gasteiger partial charge in [-0.25, -0.2) is 4.68 Å². The van der Waals surface area contributed by atoms with Crippen molar-refractivity contribution in [3.8, 4) is 0 Å². The number of amides is 2. The highest BCUT2D eigenvalue weighted by Gasteiger charge is 2.35. The number of fused-ring (bicyclic) bond motifs is 1. The first-order valence-electron chi connectivity index (χ1n) is 12.1. The first-order chi connectivity index (χ1) is 17.5. The smallest absolute Gasteiger partial charge is 0.249 e. The monoisotopic (exact) mass is 503 g/mol. The lowest BCUT2D eigenvalue weighted by atomic mass is 10.1. The van der Waals surface area contributed by atoms with Crippen molar-refractivity contribution in [2.24, 2.45) is 0 Å². The molecule has 1 saturated heterocycles. The molecular formula is C27H29N5O3S. The average Bonchev–Trinajstić information content (AvgIpc) is 3.64. The zero-order valence-corrected chi connectivity index (χ0v) is 21.2. The van der Waals surface area contributed by atoms with E-state index in [9.17, 15) is 9.59 Å². The second-order valence-corrected chi connectivity index (χ2v) is 10.0. The van der Waals surface area contributed by atoms with Gasteiger partial charge in [0.05, 0.1) is 11.6 Å². The zero-order chi connectivity index (χ0) is 25.1. The van der Waals surface area contributed by atoms with Gasteiger partial charge in [0, 0.05) is 23.7 Å². The van der Waals surface area contributed by atoms with E-state index < -0.39 is 6.04 Å². The SMILES string of the molecule is Cc1ccc(N(C(=O)Cn2nnc3ccccc32)[C@H](C(=O)NC[C@H]2CCCO2)c2sccc2C)cc1.